The van der Waals surface area contributed by atoms with Crippen molar-refractivity contribution >= 4 is 5.97 Å². The molecule has 4 bridgehead atoms. The Kier molecular flexibility index (Phi) is 1.74. The van der Waals surface area contributed by atoms with Gasteiger partial charge in [-0.1, -0.05) is 27.7 Å². The maximum Gasteiger partial charge on any atom is 0.331 e. The number of carbonyl (C=O) groups is 1. The van der Waals surface area contributed by atoms with Gasteiger partial charge in [-0.25, -0.2) is 4.79 Å². The van der Waals surface area contributed by atoms with E-state index in [4.69, 9.17) is 9.47 Å². The quantitative estimate of drug-likeness (QED) is 0.617. The van der Waals surface area contributed by atoms with Crippen LogP contribution < -0.4 is 0 Å². The summed E-state index contributed by atoms with van der Waals surface area (Å²) in [5.74, 6) is 0.816. The Morgan fingerprint density at radius 3 is 2.72 bits per heavy atom. The number of esters is 1. The molecule has 2 aliphatic heterocycles. The van der Waals surface area contributed by atoms with Gasteiger partial charge in [-0.15, -0.1) is 0 Å². The van der Waals surface area contributed by atoms with Gasteiger partial charge in [-0.05, 0) is 23.8 Å². The third kappa shape index (κ3) is 0.841. The molecule has 0 aromatic carbocycles. The number of ether oxygens (including phenoxy) is 2. The van der Waals surface area contributed by atoms with Gasteiger partial charge in [-0.3, -0.25) is 0 Å². The minimum atomic E-state index is -0.186. The highest BCUT2D eigenvalue weighted by atomic mass is 16.6. The molecule has 98 valence electrons. The van der Waals surface area contributed by atoms with Crippen LogP contribution in [0.25, 0.3) is 0 Å². The summed E-state index contributed by atoms with van der Waals surface area (Å²) in [5.41, 5.74) is 1.44. The summed E-state index contributed by atoms with van der Waals surface area (Å²) in [6, 6.07) is 0. The number of hydrogen-bond acceptors (Lipinski definition) is 3. The third-order valence-electron chi connectivity index (χ3n) is 6.85. The lowest BCUT2D eigenvalue weighted by Gasteiger charge is -2.52. The Morgan fingerprint density at radius 1 is 1.28 bits per heavy atom. The van der Waals surface area contributed by atoms with E-state index in [9.17, 15) is 4.79 Å². The first-order chi connectivity index (χ1) is 8.40. The van der Waals surface area contributed by atoms with Crippen molar-refractivity contribution in [2.75, 3.05) is 0 Å². The molecule has 0 amide bonds. The summed E-state index contributed by atoms with van der Waals surface area (Å²) in [6.07, 6.45) is 3.11. The first-order valence-corrected chi connectivity index (χ1v) is 6.98. The normalized spacial score (nSPS) is 60.6. The van der Waals surface area contributed by atoms with Crippen LogP contribution in [0.4, 0.5) is 0 Å². The van der Waals surface area contributed by atoms with E-state index in [1.165, 1.54) is 5.57 Å². The van der Waals surface area contributed by atoms with Crippen LogP contribution in [0.5, 0.6) is 0 Å². The number of rotatable bonds is 0. The second kappa shape index (κ2) is 2.84. The van der Waals surface area contributed by atoms with Crippen LogP contribution in [-0.4, -0.2) is 24.3 Å². The summed E-state index contributed by atoms with van der Waals surface area (Å²) in [5, 5.41) is 0. The predicted molar refractivity (Wildman–Crippen MR) is 65.8 cm³/mol. The van der Waals surface area contributed by atoms with Crippen LogP contribution in [0.3, 0.4) is 0 Å². The molecule has 4 rings (SSSR count). The van der Waals surface area contributed by atoms with Crippen molar-refractivity contribution in [1.82, 2.24) is 0 Å². The standard InChI is InChI=1S/C15H20O3/c1-7-5-10-15(4)8(2)9-6-11(16)18-12(9)13(17-10)14(7,15)3/h6-8,10,12-13H,5H2,1-4H3/t7-,8-,10-,12-,13-,14-,15-/m1/s1. The van der Waals surface area contributed by atoms with E-state index in [-0.39, 0.29) is 29.0 Å². The van der Waals surface area contributed by atoms with Crippen LogP contribution in [0, 0.1) is 22.7 Å². The van der Waals surface area contributed by atoms with Gasteiger partial charge in [0.25, 0.3) is 0 Å². The summed E-state index contributed by atoms with van der Waals surface area (Å²) in [6.45, 7) is 9.27. The Balaban J connectivity index is 1.92. The molecule has 7 atom stereocenters. The Morgan fingerprint density at radius 2 is 2.00 bits per heavy atom. The van der Waals surface area contributed by atoms with E-state index in [0.717, 1.165) is 6.42 Å². The molecule has 0 unspecified atom stereocenters. The first kappa shape index (κ1) is 11.0. The number of hydrogen-bond donors (Lipinski definition) is 0. The van der Waals surface area contributed by atoms with Crippen molar-refractivity contribution in [3.63, 3.8) is 0 Å². The van der Waals surface area contributed by atoms with E-state index in [1.807, 2.05) is 0 Å². The molecule has 0 N–H and O–H groups in total. The van der Waals surface area contributed by atoms with Gasteiger partial charge >= 0.3 is 5.97 Å². The summed E-state index contributed by atoms with van der Waals surface area (Å²) < 4.78 is 11.8. The highest BCUT2D eigenvalue weighted by molar-refractivity contribution is 5.86. The van der Waals surface area contributed by atoms with Crippen LogP contribution in [0.15, 0.2) is 11.6 Å². The van der Waals surface area contributed by atoms with E-state index < -0.39 is 0 Å². The SMILES string of the molecule is C[C@@H]1C[C@H]2O[C@@H]3[C@@H]4OC(=O)C=C4[C@@H](C)[C@@]2(C)[C@]13C. The molecule has 2 saturated carbocycles. The molecular formula is C15H20O3. The van der Waals surface area contributed by atoms with Crippen molar-refractivity contribution in [2.24, 2.45) is 22.7 Å². The Hall–Kier alpha value is -0.830. The Bertz CT molecular complexity index is 482. The largest absolute Gasteiger partial charge is 0.452 e. The first-order valence-electron chi connectivity index (χ1n) is 6.98. The molecule has 3 heteroatoms. The molecule has 3 fully saturated rings. The monoisotopic (exact) mass is 248 g/mol. The van der Waals surface area contributed by atoms with Gasteiger partial charge in [0.2, 0.25) is 0 Å². The van der Waals surface area contributed by atoms with Crippen molar-refractivity contribution in [1.29, 1.82) is 0 Å². The molecule has 1 saturated heterocycles. The molecule has 0 aromatic rings. The highest BCUT2D eigenvalue weighted by Gasteiger charge is 2.76. The van der Waals surface area contributed by atoms with Gasteiger partial charge in [0.1, 0.15) is 6.10 Å². The van der Waals surface area contributed by atoms with Crippen LogP contribution >= 0.6 is 0 Å². The molecular weight excluding hydrogens is 228 g/mol. The van der Waals surface area contributed by atoms with E-state index in [1.54, 1.807) is 6.08 Å². The van der Waals surface area contributed by atoms with Crippen LogP contribution in [0.2, 0.25) is 0 Å². The van der Waals surface area contributed by atoms with Gasteiger partial charge in [-0.2, -0.15) is 0 Å². The topological polar surface area (TPSA) is 35.5 Å². The molecule has 2 aliphatic carbocycles. The predicted octanol–water partition coefficient (Wildman–Crippen LogP) is 2.31. The molecule has 0 aromatic heterocycles. The van der Waals surface area contributed by atoms with Crippen LogP contribution in [0.1, 0.15) is 34.1 Å². The fraction of sp³-hybridized carbons (Fsp3) is 0.800. The minimum Gasteiger partial charge on any atom is -0.452 e. The molecule has 0 spiro atoms. The molecule has 18 heavy (non-hydrogen) atoms. The van der Waals surface area contributed by atoms with Crippen molar-refractivity contribution < 1.29 is 14.3 Å². The zero-order valence-corrected chi connectivity index (χ0v) is 11.4. The minimum absolute atomic E-state index is 0.0603. The van der Waals surface area contributed by atoms with E-state index in [2.05, 4.69) is 27.7 Å². The van der Waals surface area contributed by atoms with E-state index >= 15 is 0 Å². The molecule has 0 radical (unpaired) electrons. The van der Waals surface area contributed by atoms with Gasteiger partial charge in [0.05, 0.1) is 6.10 Å². The third-order valence-corrected chi connectivity index (χ3v) is 6.85. The number of fused-ring (bicyclic) bond motifs is 2. The molecule has 3 nitrogen and oxygen atoms in total. The zero-order chi connectivity index (χ0) is 12.9. The summed E-state index contributed by atoms with van der Waals surface area (Å²) >= 11 is 0. The average Bonchev–Trinajstić information content (AvgIpc) is 2.84. The smallest absolute Gasteiger partial charge is 0.331 e. The van der Waals surface area contributed by atoms with Gasteiger partial charge < -0.3 is 9.47 Å². The van der Waals surface area contributed by atoms with Crippen LogP contribution in [-0.2, 0) is 14.3 Å². The summed E-state index contributed by atoms with van der Waals surface area (Å²) in [7, 11) is 0. The fourth-order valence-corrected chi connectivity index (χ4v) is 5.32. The molecule has 4 aliphatic rings. The maximum atomic E-state index is 11.6. The van der Waals surface area contributed by atoms with Crippen molar-refractivity contribution in [3.05, 3.63) is 11.6 Å². The Labute approximate surface area is 108 Å². The zero-order valence-electron chi connectivity index (χ0n) is 11.4. The van der Waals surface area contributed by atoms with Crippen molar-refractivity contribution in [2.45, 2.75) is 52.4 Å². The lowest BCUT2D eigenvalue weighted by Crippen LogP contribution is -2.55. The van der Waals surface area contributed by atoms with E-state index in [0.29, 0.717) is 17.9 Å². The van der Waals surface area contributed by atoms with Crippen molar-refractivity contribution in [3.8, 4) is 0 Å². The van der Waals surface area contributed by atoms with Gasteiger partial charge in [0.15, 0.2) is 6.10 Å². The second-order valence-corrected chi connectivity index (χ2v) is 6.97. The maximum absolute atomic E-state index is 11.6. The highest BCUT2D eigenvalue weighted by Crippen LogP contribution is 2.73. The average molecular weight is 248 g/mol. The fourth-order valence-electron chi connectivity index (χ4n) is 5.32. The second-order valence-electron chi connectivity index (χ2n) is 6.97. The summed E-state index contributed by atoms with van der Waals surface area (Å²) in [4.78, 5) is 11.6. The number of carbonyl (C=O) groups excluding carboxylic acids is 1. The lowest BCUT2D eigenvalue weighted by molar-refractivity contribution is -0.156. The molecule has 2 heterocycles. The van der Waals surface area contributed by atoms with Gasteiger partial charge in [0, 0.05) is 16.9 Å². The lowest BCUT2D eigenvalue weighted by atomic mass is 9.51.